The van der Waals surface area contributed by atoms with Crippen LogP contribution in [0.3, 0.4) is 0 Å². The molecule has 1 saturated heterocycles. The van der Waals surface area contributed by atoms with Crippen LogP contribution in [0.2, 0.25) is 0 Å². The number of aliphatic carboxylic acids is 1. The van der Waals surface area contributed by atoms with Crippen molar-refractivity contribution >= 4 is 24.0 Å². The molecule has 3 rings (SSSR count). The van der Waals surface area contributed by atoms with Crippen LogP contribution in [0, 0.1) is 5.41 Å². The molecule has 0 spiro atoms. The SMILES string of the molecule is O=C(O)c1coc(N2CCCC(CC=Cc3ccccc3)(C(=O)O)C2)n1. The number of aromatic nitrogens is 1. The Balaban J connectivity index is 1.76. The summed E-state index contributed by atoms with van der Waals surface area (Å²) < 4.78 is 5.24. The van der Waals surface area contributed by atoms with Gasteiger partial charge in [0.25, 0.3) is 6.01 Å². The number of rotatable bonds is 6. The Labute approximate surface area is 150 Å². The largest absolute Gasteiger partial charge is 0.481 e. The molecule has 7 nitrogen and oxygen atoms in total. The number of hydrogen-bond donors (Lipinski definition) is 2. The molecule has 2 aromatic rings. The molecule has 2 N–H and O–H groups in total. The number of benzene rings is 1. The molecule has 0 saturated carbocycles. The van der Waals surface area contributed by atoms with Crippen molar-refractivity contribution in [1.82, 2.24) is 4.98 Å². The van der Waals surface area contributed by atoms with E-state index in [4.69, 9.17) is 9.52 Å². The third kappa shape index (κ3) is 3.77. The van der Waals surface area contributed by atoms with Gasteiger partial charge in [0.2, 0.25) is 0 Å². The quantitative estimate of drug-likeness (QED) is 0.819. The third-order valence-corrected chi connectivity index (χ3v) is 4.63. The molecular formula is C19H20N2O5. The first-order valence-corrected chi connectivity index (χ1v) is 8.39. The molecule has 136 valence electrons. The number of carbonyl (C=O) groups is 2. The second-order valence-corrected chi connectivity index (χ2v) is 6.45. The van der Waals surface area contributed by atoms with Gasteiger partial charge in [-0.05, 0) is 24.8 Å². The first kappa shape index (κ1) is 17.7. The topological polar surface area (TPSA) is 104 Å². The minimum Gasteiger partial charge on any atom is -0.481 e. The summed E-state index contributed by atoms with van der Waals surface area (Å²) >= 11 is 0. The van der Waals surface area contributed by atoms with Gasteiger partial charge in [0.15, 0.2) is 5.69 Å². The van der Waals surface area contributed by atoms with Crippen molar-refractivity contribution in [3.05, 3.63) is 53.9 Å². The van der Waals surface area contributed by atoms with Crippen molar-refractivity contribution in [2.45, 2.75) is 19.3 Å². The first-order valence-electron chi connectivity index (χ1n) is 8.39. The van der Waals surface area contributed by atoms with E-state index >= 15 is 0 Å². The van der Waals surface area contributed by atoms with E-state index in [0.717, 1.165) is 11.8 Å². The monoisotopic (exact) mass is 356 g/mol. The number of nitrogens with zero attached hydrogens (tertiary/aromatic N) is 2. The van der Waals surface area contributed by atoms with Crippen molar-refractivity contribution in [3.63, 3.8) is 0 Å². The number of hydrogen-bond acceptors (Lipinski definition) is 5. The molecule has 1 unspecified atom stereocenters. The summed E-state index contributed by atoms with van der Waals surface area (Å²) in [5, 5.41) is 18.8. The van der Waals surface area contributed by atoms with Gasteiger partial charge in [0, 0.05) is 13.1 Å². The molecule has 7 heteroatoms. The first-order chi connectivity index (χ1) is 12.5. The van der Waals surface area contributed by atoms with Crippen LogP contribution in [-0.2, 0) is 4.79 Å². The molecule has 0 amide bonds. The number of piperidine rings is 1. The molecule has 2 heterocycles. The van der Waals surface area contributed by atoms with Gasteiger partial charge in [-0.25, -0.2) is 4.79 Å². The summed E-state index contributed by atoms with van der Waals surface area (Å²) in [7, 11) is 0. The average molecular weight is 356 g/mol. The fourth-order valence-corrected chi connectivity index (χ4v) is 3.22. The second-order valence-electron chi connectivity index (χ2n) is 6.45. The maximum Gasteiger partial charge on any atom is 0.357 e. The number of aromatic carboxylic acids is 1. The molecule has 1 fully saturated rings. The summed E-state index contributed by atoms with van der Waals surface area (Å²) in [6.07, 6.45) is 6.45. The Morgan fingerprint density at radius 2 is 2.04 bits per heavy atom. The van der Waals surface area contributed by atoms with Gasteiger partial charge in [-0.3, -0.25) is 4.79 Å². The van der Waals surface area contributed by atoms with E-state index in [-0.39, 0.29) is 18.3 Å². The van der Waals surface area contributed by atoms with E-state index in [1.165, 1.54) is 0 Å². The van der Waals surface area contributed by atoms with Crippen molar-refractivity contribution in [3.8, 4) is 0 Å². The zero-order chi connectivity index (χ0) is 18.6. The van der Waals surface area contributed by atoms with E-state index in [1.54, 1.807) is 4.90 Å². The van der Waals surface area contributed by atoms with Crippen molar-refractivity contribution in [2.24, 2.45) is 5.41 Å². The highest BCUT2D eigenvalue weighted by atomic mass is 16.4. The molecule has 1 aliphatic heterocycles. The summed E-state index contributed by atoms with van der Waals surface area (Å²) in [4.78, 5) is 28.6. The fourth-order valence-electron chi connectivity index (χ4n) is 3.22. The summed E-state index contributed by atoms with van der Waals surface area (Å²) in [6.45, 7) is 0.804. The van der Waals surface area contributed by atoms with E-state index in [0.29, 0.717) is 25.8 Å². The van der Waals surface area contributed by atoms with Crippen LogP contribution >= 0.6 is 0 Å². The average Bonchev–Trinajstić information content (AvgIpc) is 3.13. The zero-order valence-corrected chi connectivity index (χ0v) is 14.2. The molecule has 1 aromatic carbocycles. The highest BCUT2D eigenvalue weighted by Gasteiger charge is 2.42. The maximum absolute atomic E-state index is 12.0. The summed E-state index contributed by atoms with van der Waals surface area (Å²) in [5.74, 6) is -2.04. The minimum atomic E-state index is -1.17. The van der Waals surface area contributed by atoms with E-state index < -0.39 is 17.4 Å². The molecular weight excluding hydrogens is 336 g/mol. The molecule has 26 heavy (non-hydrogen) atoms. The smallest absolute Gasteiger partial charge is 0.357 e. The van der Waals surface area contributed by atoms with Crippen LogP contribution in [0.15, 0.2) is 47.1 Å². The van der Waals surface area contributed by atoms with E-state index in [2.05, 4.69) is 4.98 Å². The Kier molecular flexibility index (Phi) is 5.06. The van der Waals surface area contributed by atoms with Crippen LogP contribution in [0.5, 0.6) is 0 Å². The lowest BCUT2D eigenvalue weighted by atomic mass is 9.77. The molecule has 1 atom stereocenters. The summed E-state index contributed by atoms with van der Waals surface area (Å²) in [5.41, 5.74) is -0.128. The molecule has 0 aliphatic carbocycles. The Morgan fingerprint density at radius 1 is 1.27 bits per heavy atom. The highest BCUT2D eigenvalue weighted by molar-refractivity contribution is 5.85. The van der Waals surface area contributed by atoms with Crippen molar-refractivity contribution < 1.29 is 24.2 Å². The van der Waals surface area contributed by atoms with Gasteiger partial charge in [-0.15, -0.1) is 0 Å². The second kappa shape index (κ2) is 7.43. The van der Waals surface area contributed by atoms with Crippen LogP contribution in [-0.4, -0.2) is 40.2 Å². The number of oxazole rings is 1. The van der Waals surface area contributed by atoms with Gasteiger partial charge < -0.3 is 19.5 Å². The number of anilines is 1. The zero-order valence-electron chi connectivity index (χ0n) is 14.2. The fraction of sp³-hybridized carbons (Fsp3) is 0.316. The van der Waals surface area contributed by atoms with Gasteiger partial charge in [0.1, 0.15) is 6.26 Å². The van der Waals surface area contributed by atoms with Crippen LogP contribution in [0.25, 0.3) is 6.08 Å². The number of allylic oxidation sites excluding steroid dienone is 1. The number of carboxylic acid groups (broad SMARTS) is 2. The standard InChI is InChI=1S/C19H20N2O5/c22-16(23)15-12-26-18(20-15)21-11-5-10-19(13-21,17(24)25)9-4-8-14-6-2-1-3-7-14/h1-4,6-8,12H,5,9-11,13H2,(H,22,23)(H,24,25). The Hall–Kier alpha value is -3.09. The molecule has 1 aromatic heterocycles. The van der Waals surface area contributed by atoms with Gasteiger partial charge in [-0.1, -0.05) is 42.5 Å². The lowest BCUT2D eigenvalue weighted by Gasteiger charge is -2.38. The molecule has 0 bridgehead atoms. The highest BCUT2D eigenvalue weighted by Crippen LogP contribution is 2.36. The van der Waals surface area contributed by atoms with E-state index in [9.17, 15) is 14.7 Å². The lowest BCUT2D eigenvalue weighted by Crippen LogP contribution is -2.48. The van der Waals surface area contributed by atoms with Crippen LogP contribution < -0.4 is 4.90 Å². The van der Waals surface area contributed by atoms with Gasteiger partial charge >= 0.3 is 11.9 Å². The van der Waals surface area contributed by atoms with Gasteiger partial charge in [-0.2, -0.15) is 4.98 Å². The van der Waals surface area contributed by atoms with Crippen molar-refractivity contribution in [1.29, 1.82) is 0 Å². The molecule has 0 radical (unpaired) electrons. The molecule has 1 aliphatic rings. The van der Waals surface area contributed by atoms with Crippen LogP contribution in [0.4, 0.5) is 6.01 Å². The predicted molar refractivity (Wildman–Crippen MR) is 95.1 cm³/mol. The Bertz CT molecular complexity index is 814. The van der Waals surface area contributed by atoms with E-state index in [1.807, 2.05) is 42.5 Å². The van der Waals surface area contributed by atoms with Crippen molar-refractivity contribution in [2.75, 3.05) is 18.0 Å². The number of carboxylic acids is 2. The third-order valence-electron chi connectivity index (χ3n) is 4.63. The lowest BCUT2D eigenvalue weighted by molar-refractivity contribution is -0.149. The minimum absolute atomic E-state index is 0.153. The Morgan fingerprint density at radius 3 is 2.69 bits per heavy atom. The van der Waals surface area contributed by atoms with Crippen LogP contribution in [0.1, 0.15) is 35.3 Å². The summed E-state index contributed by atoms with van der Waals surface area (Å²) in [6, 6.07) is 9.85. The predicted octanol–water partition coefficient (Wildman–Crippen LogP) is 3.15. The maximum atomic E-state index is 12.0. The van der Waals surface area contributed by atoms with Gasteiger partial charge in [0.05, 0.1) is 5.41 Å². The normalized spacial score (nSPS) is 20.4.